The Balaban J connectivity index is 0.000000461. The Morgan fingerprint density at radius 2 is 1.86 bits per heavy atom. The molecule has 1 aromatic carbocycles. The first-order chi connectivity index (χ1) is 6.75. The van der Waals surface area contributed by atoms with Crippen LogP contribution in [0, 0.1) is 0 Å². The molecule has 0 radical (unpaired) electrons. The average molecular weight is 191 g/mol. The molecule has 14 heavy (non-hydrogen) atoms. The average Bonchev–Trinajstić information content (AvgIpc) is 2.21. The highest BCUT2D eigenvalue weighted by molar-refractivity contribution is 5.79. The van der Waals surface area contributed by atoms with Gasteiger partial charge in [-0.2, -0.15) is 0 Å². The molecule has 0 amide bonds. The van der Waals surface area contributed by atoms with Crippen molar-refractivity contribution in [3.05, 3.63) is 40.7 Å². The third-order valence-electron chi connectivity index (χ3n) is 1.71. The molecular weight excluding hydrogens is 178 g/mol. The van der Waals surface area contributed by atoms with Crippen molar-refractivity contribution in [2.24, 2.45) is 0 Å². The topological polar surface area (TPSA) is 53.1 Å². The van der Waals surface area contributed by atoms with Gasteiger partial charge < -0.3 is 10.1 Å². The van der Waals surface area contributed by atoms with E-state index in [-0.39, 0.29) is 11.3 Å². The predicted octanol–water partition coefficient (Wildman–Crippen LogP) is 2.26. The summed E-state index contributed by atoms with van der Waals surface area (Å²) in [5.41, 5.74) is 0.605. The summed E-state index contributed by atoms with van der Waals surface area (Å²) in [6, 6.07) is 7.92. The molecule has 0 aliphatic carbocycles. The lowest BCUT2D eigenvalue weighted by Crippen LogP contribution is -2.01. The van der Waals surface area contributed by atoms with Crippen molar-refractivity contribution in [1.29, 1.82) is 0 Å². The number of aromatic amines is 1. The lowest BCUT2D eigenvalue weighted by atomic mass is 10.2. The van der Waals surface area contributed by atoms with Crippen molar-refractivity contribution in [1.82, 2.24) is 4.98 Å². The molecule has 0 unspecified atom stereocenters. The monoisotopic (exact) mass is 191 g/mol. The zero-order valence-corrected chi connectivity index (χ0v) is 8.24. The van der Waals surface area contributed by atoms with Crippen LogP contribution in [0.25, 0.3) is 10.9 Å². The summed E-state index contributed by atoms with van der Waals surface area (Å²) >= 11 is 0. The van der Waals surface area contributed by atoms with Gasteiger partial charge in [-0.15, -0.1) is 0 Å². The van der Waals surface area contributed by atoms with Crippen molar-refractivity contribution in [2.75, 3.05) is 0 Å². The van der Waals surface area contributed by atoms with Gasteiger partial charge >= 0.3 is 0 Å². The molecule has 0 aliphatic heterocycles. The van der Waals surface area contributed by atoms with E-state index < -0.39 is 0 Å². The van der Waals surface area contributed by atoms with Gasteiger partial charge in [0.25, 0.3) is 0 Å². The summed E-state index contributed by atoms with van der Waals surface area (Å²) in [5, 5.41) is 9.94. The van der Waals surface area contributed by atoms with E-state index in [1.807, 2.05) is 13.8 Å². The van der Waals surface area contributed by atoms with E-state index in [1.54, 1.807) is 18.2 Å². The summed E-state index contributed by atoms with van der Waals surface area (Å²) in [6.07, 6.45) is 0. The first kappa shape index (κ1) is 10.3. The van der Waals surface area contributed by atoms with Gasteiger partial charge in [0.2, 0.25) is 5.56 Å². The van der Waals surface area contributed by atoms with Crippen molar-refractivity contribution in [2.45, 2.75) is 13.8 Å². The van der Waals surface area contributed by atoms with Crippen molar-refractivity contribution in [3.8, 4) is 5.75 Å². The van der Waals surface area contributed by atoms with Crippen LogP contribution < -0.4 is 5.56 Å². The van der Waals surface area contributed by atoms with E-state index in [4.69, 9.17) is 5.11 Å². The zero-order valence-electron chi connectivity index (χ0n) is 8.24. The number of phenolic OH excluding ortho intramolecular Hbond substituents is 1. The Labute approximate surface area is 82.0 Å². The van der Waals surface area contributed by atoms with Gasteiger partial charge in [0, 0.05) is 17.0 Å². The summed E-state index contributed by atoms with van der Waals surface area (Å²) in [5.74, 6) is 0.203. The van der Waals surface area contributed by atoms with E-state index in [0.29, 0.717) is 0 Å². The number of benzene rings is 1. The van der Waals surface area contributed by atoms with Crippen molar-refractivity contribution in [3.63, 3.8) is 0 Å². The minimum atomic E-state index is -0.131. The Kier molecular flexibility index (Phi) is 3.29. The van der Waals surface area contributed by atoms with E-state index in [9.17, 15) is 4.79 Å². The summed E-state index contributed by atoms with van der Waals surface area (Å²) in [4.78, 5) is 13.5. The maximum atomic E-state index is 10.9. The summed E-state index contributed by atoms with van der Waals surface area (Å²) in [6.45, 7) is 4.00. The molecule has 0 atom stereocenters. The Morgan fingerprint density at radius 1 is 1.14 bits per heavy atom. The lowest BCUT2D eigenvalue weighted by molar-refractivity contribution is 0.476. The number of H-pyrrole nitrogens is 1. The quantitative estimate of drug-likeness (QED) is 0.671. The second kappa shape index (κ2) is 4.46. The molecule has 0 aliphatic rings. The van der Waals surface area contributed by atoms with Crippen LogP contribution in [0.15, 0.2) is 35.1 Å². The molecule has 0 fully saturated rings. The van der Waals surface area contributed by atoms with Gasteiger partial charge in [0.1, 0.15) is 5.75 Å². The number of aromatic nitrogens is 1. The van der Waals surface area contributed by atoms with Gasteiger partial charge in [-0.3, -0.25) is 4.79 Å². The van der Waals surface area contributed by atoms with Crippen LogP contribution in [0.1, 0.15) is 13.8 Å². The second-order valence-electron chi connectivity index (χ2n) is 2.59. The maximum absolute atomic E-state index is 10.9. The normalized spacial score (nSPS) is 9.29. The molecule has 2 rings (SSSR count). The first-order valence-corrected chi connectivity index (χ1v) is 4.58. The number of pyridine rings is 1. The van der Waals surface area contributed by atoms with Crippen LogP contribution in [-0.4, -0.2) is 10.1 Å². The molecule has 2 N–H and O–H groups in total. The van der Waals surface area contributed by atoms with Gasteiger partial charge in [0.05, 0.1) is 0 Å². The standard InChI is InChI=1S/C9H7NO2.C2H6/c11-7-2-3-8-6(5-7)1-4-9(12)10-8;1-2/h1-5,11H,(H,10,12);1-2H3. The number of aromatic hydroxyl groups is 1. The number of rotatable bonds is 0. The fourth-order valence-electron chi connectivity index (χ4n) is 1.14. The highest BCUT2D eigenvalue weighted by Gasteiger charge is 1.94. The highest BCUT2D eigenvalue weighted by atomic mass is 16.3. The molecule has 1 heterocycles. The molecule has 2 aromatic rings. The molecule has 3 nitrogen and oxygen atoms in total. The minimum absolute atomic E-state index is 0.131. The lowest BCUT2D eigenvalue weighted by Gasteiger charge is -1.96. The number of phenols is 1. The van der Waals surface area contributed by atoms with E-state index in [0.717, 1.165) is 10.9 Å². The molecule has 0 spiro atoms. The minimum Gasteiger partial charge on any atom is -0.508 e. The molecule has 3 heteroatoms. The second-order valence-corrected chi connectivity index (χ2v) is 2.59. The molecule has 0 saturated heterocycles. The van der Waals surface area contributed by atoms with Gasteiger partial charge in [-0.1, -0.05) is 13.8 Å². The smallest absolute Gasteiger partial charge is 0.248 e. The molecular formula is C11H13NO2. The fraction of sp³-hybridized carbons (Fsp3) is 0.182. The SMILES string of the molecule is CC.O=c1ccc2cc(O)ccc2[nH]1. The van der Waals surface area contributed by atoms with Gasteiger partial charge in [-0.05, 0) is 24.3 Å². The van der Waals surface area contributed by atoms with Crippen LogP contribution in [0.3, 0.4) is 0 Å². The van der Waals surface area contributed by atoms with Crippen LogP contribution in [0.2, 0.25) is 0 Å². The van der Waals surface area contributed by atoms with E-state index in [1.165, 1.54) is 12.1 Å². The van der Waals surface area contributed by atoms with Crippen molar-refractivity contribution >= 4 is 10.9 Å². The largest absolute Gasteiger partial charge is 0.508 e. The molecule has 74 valence electrons. The van der Waals surface area contributed by atoms with E-state index in [2.05, 4.69) is 4.98 Å². The summed E-state index contributed by atoms with van der Waals surface area (Å²) < 4.78 is 0. The number of hydrogen-bond donors (Lipinski definition) is 2. The van der Waals surface area contributed by atoms with Crippen LogP contribution >= 0.6 is 0 Å². The Hall–Kier alpha value is -1.77. The van der Waals surface area contributed by atoms with Gasteiger partial charge in [-0.25, -0.2) is 0 Å². The number of nitrogens with one attached hydrogen (secondary N) is 1. The number of fused-ring (bicyclic) bond motifs is 1. The fourth-order valence-corrected chi connectivity index (χ4v) is 1.14. The predicted molar refractivity (Wildman–Crippen MR) is 57.6 cm³/mol. The molecule has 0 bridgehead atoms. The van der Waals surface area contributed by atoms with Crippen LogP contribution in [0.5, 0.6) is 5.75 Å². The third-order valence-corrected chi connectivity index (χ3v) is 1.71. The maximum Gasteiger partial charge on any atom is 0.248 e. The van der Waals surface area contributed by atoms with Crippen LogP contribution in [-0.2, 0) is 0 Å². The summed E-state index contributed by atoms with van der Waals surface area (Å²) in [7, 11) is 0. The first-order valence-electron chi connectivity index (χ1n) is 4.58. The molecule has 1 aromatic heterocycles. The Bertz CT molecular complexity index is 474. The van der Waals surface area contributed by atoms with E-state index >= 15 is 0 Å². The molecule has 0 saturated carbocycles. The number of hydrogen-bond acceptors (Lipinski definition) is 2. The highest BCUT2D eigenvalue weighted by Crippen LogP contribution is 2.15. The van der Waals surface area contributed by atoms with Gasteiger partial charge in [0.15, 0.2) is 0 Å². The Morgan fingerprint density at radius 3 is 2.57 bits per heavy atom. The van der Waals surface area contributed by atoms with Crippen LogP contribution in [0.4, 0.5) is 0 Å². The third kappa shape index (κ3) is 2.13. The van der Waals surface area contributed by atoms with Crippen molar-refractivity contribution < 1.29 is 5.11 Å². The zero-order chi connectivity index (χ0) is 10.6.